The number of hydrogen-bond donors (Lipinski definition) is 0. The SMILES string of the molecule is C=CC(=O)Oc1ccc(S(=O)(=O)c2ccc(Cc3ccc(N(c4ccc(C)cc4)c4ccc(Cc5ccc(S(=O)(=O)c6ccc(OC(=O)CC)cc6)cc5)cc4)cc3)cc2)cc1. The lowest BCUT2D eigenvalue weighted by Gasteiger charge is -2.26. The standard InChI is InChI=1S/C51H43NO8S2/c1-4-50(53)59-44-22-30-48(31-23-44)61(55,56)46-26-12-39(13-27-46)34-37-8-18-42(19-9-37)52(41-16-6-36(3)7-17-41)43-20-10-38(11-21-43)35-40-14-28-47(29-15-40)62(57,58)49-32-24-45(25-33-49)60-51(54)5-2/h4,6-33H,1,5,34-35H2,2-3H3. The molecule has 0 aliphatic rings. The van der Waals surface area contributed by atoms with E-state index in [9.17, 15) is 26.4 Å². The Morgan fingerprint density at radius 1 is 0.484 bits per heavy atom. The largest absolute Gasteiger partial charge is 0.427 e. The first-order chi connectivity index (χ1) is 29.8. The number of esters is 2. The molecule has 0 aromatic heterocycles. The molecule has 0 heterocycles. The predicted octanol–water partition coefficient (Wildman–Crippen LogP) is 10.7. The van der Waals surface area contributed by atoms with Gasteiger partial charge in [0.15, 0.2) is 0 Å². The molecule has 0 saturated carbocycles. The maximum Gasteiger partial charge on any atom is 0.335 e. The molecular weight excluding hydrogens is 819 g/mol. The van der Waals surface area contributed by atoms with Gasteiger partial charge in [0.25, 0.3) is 0 Å². The number of aryl methyl sites for hydroxylation is 1. The third kappa shape index (κ3) is 10.1. The number of carbonyl (C=O) groups is 2. The Labute approximate surface area is 362 Å². The van der Waals surface area contributed by atoms with Crippen LogP contribution in [0.3, 0.4) is 0 Å². The van der Waals surface area contributed by atoms with Gasteiger partial charge in [-0.3, -0.25) is 4.79 Å². The van der Waals surface area contributed by atoms with Crippen LogP contribution in [0.25, 0.3) is 0 Å². The highest BCUT2D eigenvalue weighted by Gasteiger charge is 2.20. The number of sulfone groups is 2. The molecule has 0 unspecified atom stereocenters. The van der Waals surface area contributed by atoms with Gasteiger partial charge < -0.3 is 14.4 Å². The molecule has 0 spiro atoms. The third-order valence-corrected chi connectivity index (χ3v) is 13.7. The lowest BCUT2D eigenvalue weighted by atomic mass is 10.0. The van der Waals surface area contributed by atoms with Crippen molar-refractivity contribution in [3.05, 3.63) is 210 Å². The minimum atomic E-state index is -3.78. The normalized spacial score (nSPS) is 11.4. The number of hydrogen-bond acceptors (Lipinski definition) is 9. The van der Waals surface area contributed by atoms with E-state index in [4.69, 9.17) is 9.47 Å². The van der Waals surface area contributed by atoms with E-state index in [0.717, 1.165) is 51.0 Å². The molecule has 0 atom stereocenters. The van der Waals surface area contributed by atoms with Gasteiger partial charge in [0.05, 0.1) is 19.6 Å². The zero-order chi connectivity index (χ0) is 43.9. The summed E-state index contributed by atoms with van der Waals surface area (Å²) in [5.74, 6) is -0.499. The van der Waals surface area contributed by atoms with E-state index in [0.29, 0.717) is 18.6 Å². The van der Waals surface area contributed by atoms with Crippen molar-refractivity contribution < 1.29 is 35.9 Å². The van der Waals surface area contributed by atoms with Crippen molar-refractivity contribution in [1.29, 1.82) is 0 Å². The van der Waals surface area contributed by atoms with Crippen LogP contribution in [0.4, 0.5) is 17.1 Å². The summed E-state index contributed by atoms with van der Waals surface area (Å²) in [6.45, 7) is 7.10. The van der Waals surface area contributed by atoms with E-state index in [1.54, 1.807) is 31.2 Å². The van der Waals surface area contributed by atoms with Crippen LogP contribution in [0, 0.1) is 6.92 Å². The van der Waals surface area contributed by atoms with E-state index < -0.39 is 31.6 Å². The second-order valence-electron chi connectivity index (χ2n) is 14.5. The van der Waals surface area contributed by atoms with Gasteiger partial charge >= 0.3 is 11.9 Å². The maximum absolute atomic E-state index is 13.3. The smallest absolute Gasteiger partial charge is 0.335 e. The zero-order valence-corrected chi connectivity index (χ0v) is 35.7. The fourth-order valence-electron chi connectivity index (χ4n) is 6.72. The van der Waals surface area contributed by atoms with Crippen molar-refractivity contribution in [2.24, 2.45) is 0 Å². The highest BCUT2D eigenvalue weighted by molar-refractivity contribution is 7.91. The van der Waals surface area contributed by atoms with Gasteiger partial charge in [0.1, 0.15) is 11.5 Å². The molecule has 0 amide bonds. The van der Waals surface area contributed by atoms with Crippen LogP contribution in [0.2, 0.25) is 0 Å². The first kappa shape index (κ1) is 43.0. The fraction of sp³-hybridized carbons (Fsp3) is 0.0980. The zero-order valence-electron chi connectivity index (χ0n) is 34.1. The summed E-state index contributed by atoms with van der Waals surface area (Å²) >= 11 is 0. The molecule has 312 valence electrons. The molecule has 0 bridgehead atoms. The van der Waals surface area contributed by atoms with Crippen LogP contribution in [0.5, 0.6) is 11.5 Å². The molecule has 7 rings (SSSR count). The Balaban J connectivity index is 1.03. The number of nitrogens with zero attached hydrogens (tertiary/aromatic N) is 1. The molecular formula is C51H43NO8S2. The fourth-order valence-corrected chi connectivity index (χ4v) is 9.24. The molecule has 0 aliphatic carbocycles. The minimum Gasteiger partial charge on any atom is -0.427 e. The number of carbonyl (C=O) groups excluding carboxylic acids is 2. The summed E-state index contributed by atoms with van der Waals surface area (Å²) in [7, 11) is -7.55. The Hall–Kier alpha value is -7.08. The van der Waals surface area contributed by atoms with Crippen LogP contribution < -0.4 is 14.4 Å². The number of rotatable bonds is 15. The van der Waals surface area contributed by atoms with Gasteiger partial charge in [0, 0.05) is 29.6 Å². The van der Waals surface area contributed by atoms with Crippen LogP contribution in [0.15, 0.2) is 202 Å². The van der Waals surface area contributed by atoms with Crippen LogP contribution in [0.1, 0.15) is 41.2 Å². The van der Waals surface area contributed by atoms with Gasteiger partial charge in [-0.2, -0.15) is 0 Å². The van der Waals surface area contributed by atoms with Gasteiger partial charge in [-0.15, -0.1) is 0 Å². The highest BCUT2D eigenvalue weighted by atomic mass is 32.2. The van der Waals surface area contributed by atoms with E-state index in [1.165, 1.54) is 48.5 Å². The summed E-state index contributed by atoms with van der Waals surface area (Å²) < 4.78 is 63.5. The number of ether oxygens (including phenoxy) is 2. The highest BCUT2D eigenvalue weighted by Crippen LogP contribution is 2.35. The van der Waals surface area contributed by atoms with Crippen molar-refractivity contribution in [3.63, 3.8) is 0 Å². The lowest BCUT2D eigenvalue weighted by molar-refractivity contribution is -0.134. The molecule has 7 aromatic carbocycles. The van der Waals surface area contributed by atoms with Crippen LogP contribution in [-0.4, -0.2) is 28.8 Å². The van der Waals surface area contributed by atoms with Gasteiger partial charge in [-0.1, -0.05) is 79.7 Å². The second-order valence-corrected chi connectivity index (χ2v) is 18.4. The van der Waals surface area contributed by atoms with Crippen molar-refractivity contribution in [3.8, 4) is 11.5 Å². The predicted molar refractivity (Wildman–Crippen MR) is 240 cm³/mol. The molecule has 9 nitrogen and oxygen atoms in total. The maximum atomic E-state index is 13.3. The van der Waals surface area contributed by atoms with Crippen molar-refractivity contribution in [2.75, 3.05) is 4.90 Å². The van der Waals surface area contributed by atoms with Crippen molar-refractivity contribution in [2.45, 2.75) is 52.7 Å². The molecule has 0 N–H and O–H groups in total. The first-order valence-electron chi connectivity index (χ1n) is 19.8. The first-order valence-corrected chi connectivity index (χ1v) is 22.8. The summed E-state index contributed by atoms with van der Waals surface area (Å²) in [4.78, 5) is 25.8. The number of benzene rings is 7. The minimum absolute atomic E-state index is 0.0896. The topological polar surface area (TPSA) is 124 Å². The summed E-state index contributed by atoms with van der Waals surface area (Å²) in [5, 5.41) is 0. The Morgan fingerprint density at radius 3 is 1.13 bits per heavy atom. The van der Waals surface area contributed by atoms with E-state index in [2.05, 4.69) is 91.2 Å². The number of anilines is 3. The Morgan fingerprint density at radius 2 is 0.790 bits per heavy atom. The quantitative estimate of drug-likeness (QED) is 0.0563. The molecule has 0 aliphatic heterocycles. The second kappa shape index (κ2) is 18.7. The molecule has 62 heavy (non-hydrogen) atoms. The summed E-state index contributed by atoms with van der Waals surface area (Å²) in [6.07, 6.45) is 2.46. The van der Waals surface area contributed by atoms with E-state index >= 15 is 0 Å². The van der Waals surface area contributed by atoms with Gasteiger partial charge in [0.2, 0.25) is 19.7 Å². The molecule has 11 heteroatoms. The molecule has 7 aromatic rings. The lowest BCUT2D eigenvalue weighted by Crippen LogP contribution is -2.10. The molecule has 0 radical (unpaired) electrons. The van der Waals surface area contributed by atoms with Crippen molar-refractivity contribution >= 4 is 48.7 Å². The monoisotopic (exact) mass is 861 g/mol. The van der Waals surface area contributed by atoms with E-state index in [1.807, 2.05) is 24.3 Å². The van der Waals surface area contributed by atoms with Gasteiger partial charge in [-0.25, -0.2) is 21.6 Å². The Bertz CT molecular complexity index is 2910. The van der Waals surface area contributed by atoms with Crippen LogP contribution in [-0.2, 0) is 42.1 Å². The summed E-state index contributed by atoms with van der Waals surface area (Å²) in [6, 6.07) is 50.1. The average molecular weight is 862 g/mol. The molecule has 0 fully saturated rings. The van der Waals surface area contributed by atoms with E-state index in [-0.39, 0.29) is 31.8 Å². The van der Waals surface area contributed by atoms with Crippen molar-refractivity contribution in [1.82, 2.24) is 0 Å². The summed E-state index contributed by atoms with van der Waals surface area (Å²) in [5.41, 5.74) is 8.09. The van der Waals surface area contributed by atoms with Crippen LogP contribution >= 0.6 is 0 Å². The Kier molecular flexibility index (Phi) is 13.0. The average Bonchev–Trinajstić information content (AvgIpc) is 3.29. The third-order valence-electron chi connectivity index (χ3n) is 10.1. The molecule has 0 saturated heterocycles. The van der Waals surface area contributed by atoms with Gasteiger partial charge in [-0.05, 0) is 151 Å².